The summed E-state index contributed by atoms with van der Waals surface area (Å²) in [5.74, 6) is 1.32. The van der Waals surface area contributed by atoms with Crippen molar-refractivity contribution in [3.8, 4) is 34.1 Å². The molecule has 0 N–H and O–H groups in total. The fourth-order valence-corrected chi connectivity index (χ4v) is 3.76. The quantitative estimate of drug-likeness (QED) is 0.263. The Morgan fingerprint density at radius 1 is 0.969 bits per heavy atom. The van der Waals surface area contributed by atoms with E-state index in [1.54, 1.807) is 54.6 Å². The summed E-state index contributed by atoms with van der Waals surface area (Å²) in [6.07, 6.45) is 0. The average molecular weight is 430 g/mol. The average Bonchev–Trinajstić information content (AvgIpc) is 3.27. The zero-order valence-electron chi connectivity index (χ0n) is 17.3. The van der Waals surface area contributed by atoms with Gasteiger partial charge in [0.1, 0.15) is 22.6 Å². The molecular weight excluding hydrogens is 412 g/mol. The van der Waals surface area contributed by atoms with Gasteiger partial charge in [0.2, 0.25) is 6.79 Å². The number of carbonyl (C=O) groups excluding carboxylic acids is 1. The van der Waals surface area contributed by atoms with Crippen LogP contribution in [-0.4, -0.2) is 19.9 Å². The molecule has 160 valence electrons. The number of esters is 1. The van der Waals surface area contributed by atoms with Crippen molar-refractivity contribution in [2.75, 3.05) is 13.9 Å². The van der Waals surface area contributed by atoms with Gasteiger partial charge >= 0.3 is 11.6 Å². The van der Waals surface area contributed by atoms with Gasteiger partial charge in [-0.25, -0.2) is 9.59 Å². The third kappa shape index (κ3) is 3.33. The van der Waals surface area contributed by atoms with E-state index in [0.29, 0.717) is 39.5 Å². The number of benzene rings is 3. The molecule has 0 bridgehead atoms. The van der Waals surface area contributed by atoms with Crippen molar-refractivity contribution < 1.29 is 28.2 Å². The highest BCUT2D eigenvalue weighted by molar-refractivity contribution is 5.95. The second-order valence-electron chi connectivity index (χ2n) is 7.21. The van der Waals surface area contributed by atoms with Crippen LogP contribution in [0.15, 0.2) is 69.9 Å². The molecule has 2 heterocycles. The molecule has 4 aromatic rings. The lowest BCUT2D eigenvalue weighted by Gasteiger charge is -2.11. The molecule has 0 aliphatic carbocycles. The predicted molar refractivity (Wildman–Crippen MR) is 117 cm³/mol. The molecule has 0 atom stereocenters. The van der Waals surface area contributed by atoms with Crippen LogP contribution < -0.4 is 24.6 Å². The monoisotopic (exact) mass is 430 g/mol. The molecule has 1 aromatic heterocycles. The zero-order chi connectivity index (χ0) is 22.2. The third-order valence-electron chi connectivity index (χ3n) is 5.34. The van der Waals surface area contributed by atoms with Crippen molar-refractivity contribution >= 4 is 16.9 Å². The Morgan fingerprint density at radius 2 is 1.78 bits per heavy atom. The molecule has 0 unspecified atom stereocenters. The summed E-state index contributed by atoms with van der Waals surface area (Å²) >= 11 is 0. The van der Waals surface area contributed by atoms with E-state index in [4.69, 9.17) is 23.4 Å². The van der Waals surface area contributed by atoms with Crippen molar-refractivity contribution in [2.24, 2.45) is 0 Å². The molecule has 0 saturated heterocycles. The van der Waals surface area contributed by atoms with Gasteiger partial charge in [-0.1, -0.05) is 18.2 Å². The van der Waals surface area contributed by atoms with Crippen LogP contribution in [0.3, 0.4) is 0 Å². The Morgan fingerprint density at radius 3 is 2.62 bits per heavy atom. The maximum absolute atomic E-state index is 12.8. The number of para-hydroxylation sites is 1. The highest BCUT2D eigenvalue weighted by atomic mass is 16.7. The molecule has 32 heavy (non-hydrogen) atoms. The second kappa shape index (κ2) is 7.77. The van der Waals surface area contributed by atoms with Gasteiger partial charge in [-0.3, -0.25) is 0 Å². The van der Waals surface area contributed by atoms with Gasteiger partial charge in [0.05, 0.1) is 12.7 Å². The maximum atomic E-state index is 12.8. The molecule has 7 heteroatoms. The van der Waals surface area contributed by atoms with Crippen molar-refractivity contribution in [3.63, 3.8) is 0 Å². The van der Waals surface area contributed by atoms with Crippen molar-refractivity contribution in [3.05, 3.63) is 82.2 Å². The van der Waals surface area contributed by atoms with Crippen LogP contribution in [0.1, 0.15) is 15.9 Å². The van der Waals surface area contributed by atoms with Crippen molar-refractivity contribution in [2.45, 2.75) is 6.92 Å². The van der Waals surface area contributed by atoms with Crippen LogP contribution in [0.4, 0.5) is 0 Å². The Labute approximate surface area is 182 Å². The summed E-state index contributed by atoms with van der Waals surface area (Å²) < 4.78 is 27.0. The number of rotatable bonds is 4. The molecule has 0 saturated carbocycles. The van der Waals surface area contributed by atoms with Crippen LogP contribution in [0.2, 0.25) is 0 Å². The van der Waals surface area contributed by atoms with Crippen LogP contribution >= 0.6 is 0 Å². The highest BCUT2D eigenvalue weighted by Gasteiger charge is 2.19. The summed E-state index contributed by atoms with van der Waals surface area (Å²) in [5.41, 5.74) is 1.98. The van der Waals surface area contributed by atoms with Gasteiger partial charge in [-0.05, 0) is 54.4 Å². The minimum atomic E-state index is -0.571. The first-order chi connectivity index (χ1) is 15.5. The van der Waals surface area contributed by atoms with Crippen LogP contribution in [0, 0.1) is 6.92 Å². The number of hydrogen-bond donors (Lipinski definition) is 0. The number of ether oxygens (including phenoxy) is 4. The number of methoxy groups -OCH3 is 1. The van der Waals surface area contributed by atoms with Gasteiger partial charge in [0.15, 0.2) is 11.5 Å². The van der Waals surface area contributed by atoms with Gasteiger partial charge in [-0.2, -0.15) is 0 Å². The zero-order valence-corrected chi connectivity index (χ0v) is 17.3. The first kappa shape index (κ1) is 19.7. The molecule has 3 aromatic carbocycles. The van der Waals surface area contributed by atoms with Gasteiger partial charge in [-0.15, -0.1) is 0 Å². The normalized spacial score (nSPS) is 12.1. The van der Waals surface area contributed by atoms with Gasteiger partial charge < -0.3 is 23.4 Å². The highest BCUT2D eigenvalue weighted by Crippen LogP contribution is 2.37. The van der Waals surface area contributed by atoms with Crippen LogP contribution in [0.5, 0.6) is 23.0 Å². The number of aryl methyl sites for hydroxylation is 1. The molecule has 0 fully saturated rings. The van der Waals surface area contributed by atoms with E-state index in [2.05, 4.69) is 0 Å². The Hall–Kier alpha value is -4.26. The Kier molecular flexibility index (Phi) is 4.78. The fraction of sp³-hybridized carbons (Fsp3) is 0.120. The predicted octanol–water partition coefficient (Wildman–Crippen LogP) is 4.72. The molecule has 0 amide bonds. The molecule has 5 rings (SSSR count). The lowest BCUT2D eigenvalue weighted by Crippen LogP contribution is -2.10. The Bertz CT molecular complexity index is 1420. The molecule has 1 aliphatic heterocycles. The van der Waals surface area contributed by atoms with Crippen molar-refractivity contribution in [1.82, 2.24) is 0 Å². The lowest BCUT2D eigenvalue weighted by atomic mass is 9.99. The number of hydrogen-bond acceptors (Lipinski definition) is 7. The van der Waals surface area contributed by atoms with Gasteiger partial charge in [0.25, 0.3) is 0 Å². The topological polar surface area (TPSA) is 84.2 Å². The molecule has 0 spiro atoms. The van der Waals surface area contributed by atoms with E-state index in [1.807, 2.05) is 6.92 Å². The van der Waals surface area contributed by atoms with E-state index in [1.165, 1.54) is 13.2 Å². The lowest BCUT2D eigenvalue weighted by molar-refractivity contribution is 0.0731. The van der Waals surface area contributed by atoms with E-state index in [-0.39, 0.29) is 12.5 Å². The van der Waals surface area contributed by atoms with E-state index in [9.17, 15) is 9.59 Å². The smallest absolute Gasteiger partial charge is 0.347 e. The van der Waals surface area contributed by atoms with Crippen LogP contribution in [-0.2, 0) is 0 Å². The standard InChI is InChI=1S/C25H18O7/c1-14-17-9-8-16(31-24(26)18-5-3-4-6-19(18)28-2)12-21(17)32-25(27)23(14)15-7-10-20-22(11-15)30-13-29-20/h3-12H,13H2,1-2H3. The molecule has 1 aliphatic rings. The van der Waals surface area contributed by atoms with E-state index in [0.717, 1.165) is 10.9 Å². The summed E-state index contributed by atoms with van der Waals surface area (Å²) in [6.45, 7) is 2.00. The number of carbonyl (C=O) groups is 1. The SMILES string of the molecule is COc1ccccc1C(=O)Oc1ccc2c(C)c(-c3ccc4c(c3)OCO4)c(=O)oc2c1. The summed E-state index contributed by atoms with van der Waals surface area (Å²) in [6, 6.07) is 17.0. The summed E-state index contributed by atoms with van der Waals surface area (Å²) in [5, 5.41) is 0.731. The van der Waals surface area contributed by atoms with E-state index < -0.39 is 11.6 Å². The van der Waals surface area contributed by atoms with Crippen LogP contribution in [0.25, 0.3) is 22.1 Å². The maximum Gasteiger partial charge on any atom is 0.347 e. The number of fused-ring (bicyclic) bond motifs is 2. The summed E-state index contributed by atoms with van der Waals surface area (Å²) in [7, 11) is 1.48. The first-order valence-electron chi connectivity index (χ1n) is 9.88. The first-order valence-corrected chi connectivity index (χ1v) is 9.88. The van der Waals surface area contributed by atoms with Crippen molar-refractivity contribution in [1.29, 1.82) is 0 Å². The second-order valence-corrected chi connectivity index (χ2v) is 7.21. The minimum Gasteiger partial charge on any atom is -0.496 e. The molecule has 7 nitrogen and oxygen atoms in total. The summed E-state index contributed by atoms with van der Waals surface area (Å²) in [4.78, 5) is 25.4. The minimum absolute atomic E-state index is 0.153. The fourth-order valence-electron chi connectivity index (χ4n) is 3.76. The third-order valence-corrected chi connectivity index (χ3v) is 5.34. The largest absolute Gasteiger partial charge is 0.496 e. The van der Waals surface area contributed by atoms with E-state index >= 15 is 0 Å². The Balaban J connectivity index is 1.51. The molecule has 0 radical (unpaired) electrons. The molecular formula is C25H18O7. The van der Waals surface area contributed by atoms with Gasteiger partial charge in [0, 0.05) is 11.5 Å².